The fraction of sp³-hybridized carbons (Fsp3) is 0.571. The standard InChI is InChI=1S/C14H24N2O2/c1-11(16(2)3)9-15-10-12-6-7-13(17-4)14(8-12)18-5/h6-8,11,15H,9-10H2,1-5H3. The van der Waals surface area contributed by atoms with Gasteiger partial charge in [0.15, 0.2) is 11.5 Å². The number of nitrogens with one attached hydrogen (secondary N) is 1. The van der Waals surface area contributed by atoms with E-state index in [2.05, 4.69) is 37.3 Å². The fourth-order valence-electron chi connectivity index (χ4n) is 1.60. The maximum absolute atomic E-state index is 5.28. The number of hydrogen-bond donors (Lipinski definition) is 1. The molecule has 18 heavy (non-hydrogen) atoms. The van der Waals surface area contributed by atoms with Gasteiger partial charge in [0, 0.05) is 19.1 Å². The van der Waals surface area contributed by atoms with Gasteiger partial charge in [0.1, 0.15) is 0 Å². The average Bonchev–Trinajstić information content (AvgIpc) is 2.38. The van der Waals surface area contributed by atoms with Crippen molar-refractivity contribution >= 4 is 0 Å². The van der Waals surface area contributed by atoms with Gasteiger partial charge in [-0.1, -0.05) is 6.07 Å². The Balaban J connectivity index is 2.53. The van der Waals surface area contributed by atoms with Crippen molar-refractivity contribution in [3.05, 3.63) is 23.8 Å². The minimum atomic E-state index is 0.519. The molecule has 1 rings (SSSR count). The summed E-state index contributed by atoms with van der Waals surface area (Å²) >= 11 is 0. The smallest absolute Gasteiger partial charge is 0.161 e. The summed E-state index contributed by atoms with van der Waals surface area (Å²) in [4.78, 5) is 2.20. The van der Waals surface area contributed by atoms with Gasteiger partial charge in [-0.15, -0.1) is 0 Å². The van der Waals surface area contributed by atoms with E-state index in [-0.39, 0.29) is 0 Å². The van der Waals surface area contributed by atoms with Crippen molar-refractivity contribution in [3.63, 3.8) is 0 Å². The van der Waals surface area contributed by atoms with Crippen LogP contribution in [0.2, 0.25) is 0 Å². The number of benzene rings is 1. The molecule has 0 spiro atoms. The summed E-state index contributed by atoms with van der Waals surface area (Å²) < 4.78 is 10.5. The number of hydrogen-bond acceptors (Lipinski definition) is 4. The van der Waals surface area contributed by atoms with E-state index in [1.165, 1.54) is 5.56 Å². The molecule has 1 N–H and O–H groups in total. The first kappa shape index (κ1) is 14.8. The summed E-state index contributed by atoms with van der Waals surface area (Å²) in [5.74, 6) is 1.54. The summed E-state index contributed by atoms with van der Waals surface area (Å²) in [6.45, 7) is 3.99. The summed E-state index contributed by atoms with van der Waals surface area (Å²) in [5.41, 5.74) is 1.19. The minimum Gasteiger partial charge on any atom is -0.493 e. The Kier molecular flexibility index (Phi) is 5.95. The lowest BCUT2D eigenvalue weighted by Crippen LogP contribution is -2.35. The molecule has 0 saturated heterocycles. The van der Waals surface area contributed by atoms with E-state index in [9.17, 15) is 0 Å². The highest BCUT2D eigenvalue weighted by Gasteiger charge is 2.06. The van der Waals surface area contributed by atoms with Crippen LogP contribution in [0.15, 0.2) is 18.2 Å². The molecule has 0 radical (unpaired) electrons. The lowest BCUT2D eigenvalue weighted by Gasteiger charge is -2.20. The summed E-state index contributed by atoms with van der Waals surface area (Å²) in [6, 6.07) is 6.51. The minimum absolute atomic E-state index is 0.519. The first-order valence-corrected chi connectivity index (χ1v) is 6.16. The van der Waals surface area contributed by atoms with Crippen molar-refractivity contribution in [3.8, 4) is 11.5 Å². The number of likely N-dealkylation sites (N-methyl/N-ethyl adjacent to an activating group) is 1. The molecule has 0 aliphatic carbocycles. The summed E-state index contributed by atoms with van der Waals surface area (Å²) in [5, 5.41) is 3.43. The maximum atomic E-state index is 5.28. The van der Waals surface area contributed by atoms with Crippen molar-refractivity contribution in [1.29, 1.82) is 0 Å². The van der Waals surface area contributed by atoms with Gasteiger partial charge in [-0.25, -0.2) is 0 Å². The van der Waals surface area contributed by atoms with Gasteiger partial charge in [0.05, 0.1) is 14.2 Å². The lowest BCUT2D eigenvalue weighted by molar-refractivity contribution is 0.302. The second-order valence-corrected chi connectivity index (χ2v) is 4.63. The van der Waals surface area contributed by atoms with Crippen LogP contribution in [0.3, 0.4) is 0 Å². The van der Waals surface area contributed by atoms with Gasteiger partial charge in [-0.2, -0.15) is 0 Å². The van der Waals surface area contributed by atoms with E-state index in [1.807, 2.05) is 12.1 Å². The fourth-order valence-corrected chi connectivity index (χ4v) is 1.60. The Bertz CT molecular complexity index is 367. The van der Waals surface area contributed by atoms with E-state index in [1.54, 1.807) is 14.2 Å². The van der Waals surface area contributed by atoms with Crippen LogP contribution in [-0.2, 0) is 6.54 Å². The molecule has 102 valence electrons. The third-order valence-electron chi connectivity index (χ3n) is 3.10. The molecule has 0 aliphatic heterocycles. The van der Waals surface area contributed by atoms with Crippen molar-refractivity contribution in [2.45, 2.75) is 19.5 Å². The van der Waals surface area contributed by atoms with Gasteiger partial charge >= 0.3 is 0 Å². The second kappa shape index (κ2) is 7.24. The van der Waals surface area contributed by atoms with E-state index in [4.69, 9.17) is 9.47 Å². The molecule has 0 aliphatic rings. The molecular weight excluding hydrogens is 228 g/mol. The Labute approximate surface area is 110 Å². The van der Waals surface area contributed by atoms with Crippen LogP contribution in [0.5, 0.6) is 11.5 Å². The van der Waals surface area contributed by atoms with Crippen LogP contribution >= 0.6 is 0 Å². The van der Waals surface area contributed by atoms with Gasteiger partial charge in [-0.3, -0.25) is 0 Å². The monoisotopic (exact) mass is 252 g/mol. The maximum Gasteiger partial charge on any atom is 0.161 e. The number of rotatable bonds is 7. The average molecular weight is 252 g/mol. The molecule has 0 bridgehead atoms. The third kappa shape index (κ3) is 4.20. The van der Waals surface area contributed by atoms with Crippen molar-refractivity contribution in [2.75, 3.05) is 34.9 Å². The Hall–Kier alpha value is -1.26. The molecule has 1 aromatic rings. The van der Waals surface area contributed by atoms with Crippen LogP contribution in [0.4, 0.5) is 0 Å². The van der Waals surface area contributed by atoms with E-state index in [0.29, 0.717) is 6.04 Å². The highest BCUT2D eigenvalue weighted by Crippen LogP contribution is 2.27. The number of ether oxygens (including phenoxy) is 2. The normalized spacial score (nSPS) is 12.6. The second-order valence-electron chi connectivity index (χ2n) is 4.63. The van der Waals surface area contributed by atoms with Gasteiger partial charge in [0.2, 0.25) is 0 Å². The highest BCUT2D eigenvalue weighted by atomic mass is 16.5. The molecule has 4 heteroatoms. The Morgan fingerprint density at radius 2 is 1.83 bits per heavy atom. The van der Waals surface area contributed by atoms with Crippen LogP contribution in [0.25, 0.3) is 0 Å². The molecule has 0 aromatic heterocycles. The third-order valence-corrected chi connectivity index (χ3v) is 3.10. The van der Waals surface area contributed by atoms with Gasteiger partial charge in [0.25, 0.3) is 0 Å². The molecule has 4 nitrogen and oxygen atoms in total. The predicted octanol–water partition coefficient (Wildman–Crippen LogP) is 1.74. The lowest BCUT2D eigenvalue weighted by atomic mass is 10.2. The van der Waals surface area contributed by atoms with Gasteiger partial charge in [-0.05, 0) is 38.7 Å². The molecular formula is C14H24N2O2. The highest BCUT2D eigenvalue weighted by molar-refractivity contribution is 5.42. The Morgan fingerprint density at radius 1 is 1.17 bits per heavy atom. The zero-order chi connectivity index (χ0) is 13.5. The first-order chi connectivity index (χ1) is 8.58. The van der Waals surface area contributed by atoms with E-state index < -0.39 is 0 Å². The Morgan fingerprint density at radius 3 is 2.39 bits per heavy atom. The zero-order valence-corrected chi connectivity index (χ0v) is 12.0. The molecule has 1 atom stereocenters. The van der Waals surface area contributed by atoms with Crippen molar-refractivity contribution in [2.24, 2.45) is 0 Å². The van der Waals surface area contributed by atoms with E-state index >= 15 is 0 Å². The van der Waals surface area contributed by atoms with Crippen LogP contribution in [0.1, 0.15) is 12.5 Å². The largest absolute Gasteiger partial charge is 0.493 e. The molecule has 0 heterocycles. The van der Waals surface area contributed by atoms with Crippen molar-refractivity contribution < 1.29 is 9.47 Å². The quantitative estimate of drug-likeness (QED) is 0.801. The predicted molar refractivity (Wildman–Crippen MR) is 74.4 cm³/mol. The molecule has 1 unspecified atom stereocenters. The summed E-state index contributed by atoms with van der Waals surface area (Å²) in [7, 11) is 7.48. The SMILES string of the molecule is COc1ccc(CNCC(C)N(C)C)cc1OC. The molecule has 0 saturated carbocycles. The number of methoxy groups -OCH3 is 2. The molecule has 0 fully saturated rings. The first-order valence-electron chi connectivity index (χ1n) is 6.16. The van der Waals surface area contributed by atoms with Crippen LogP contribution in [0, 0.1) is 0 Å². The summed E-state index contributed by atoms with van der Waals surface area (Å²) in [6.07, 6.45) is 0. The molecule has 0 amide bonds. The topological polar surface area (TPSA) is 33.7 Å². The van der Waals surface area contributed by atoms with E-state index in [0.717, 1.165) is 24.6 Å². The zero-order valence-electron chi connectivity index (χ0n) is 12.0. The van der Waals surface area contributed by atoms with Gasteiger partial charge < -0.3 is 19.7 Å². The van der Waals surface area contributed by atoms with Crippen LogP contribution in [-0.4, -0.2) is 45.8 Å². The molecule has 1 aromatic carbocycles. The van der Waals surface area contributed by atoms with Crippen molar-refractivity contribution in [1.82, 2.24) is 10.2 Å². The number of nitrogens with zero attached hydrogens (tertiary/aromatic N) is 1. The van der Waals surface area contributed by atoms with Crippen LogP contribution < -0.4 is 14.8 Å².